The Morgan fingerprint density at radius 1 is 1.17 bits per heavy atom. The molecule has 2 aliphatic rings. The monoisotopic (exact) mass is 318 g/mol. The van der Waals surface area contributed by atoms with Crippen LogP contribution < -0.4 is 9.47 Å². The quantitative estimate of drug-likeness (QED) is 0.902. The Kier molecular flexibility index (Phi) is 3.18. The van der Waals surface area contributed by atoms with Crippen LogP contribution in [0.4, 0.5) is 0 Å². The molecule has 0 radical (unpaired) electrons. The van der Waals surface area contributed by atoms with Gasteiger partial charge in [0.2, 0.25) is 11.5 Å². The Hall–Kier alpha value is -2.50. The molecule has 6 nitrogen and oxygen atoms in total. The van der Waals surface area contributed by atoms with E-state index in [1.807, 2.05) is 20.8 Å². The number of rotatable bonds is 2. The smallest absolute Gasteiger partial charge is 0.229 e. The second-order valence-electron chi connectivity index (χ2n) is 6.23. The van der Waals surface area contributed by atoms with Crippen molar-refractivity contribution in [3.63, 3.8) is 0 Å². The van der Waals surface area contributed by atoms with Crippen molar-refractivity contribution in [2.24, 2.45) is 5.41 Å². The summed E-state index contributed by atoms with van der Waals surface area (Å²) in [5.41, 5.74) is -0.324. The van der Waals surface area contributed by atoms with Crippen molar-refractivity contribution in [1.29, 1.82) is 0 Å². The number of phenolic OH excluding ortho intramolecular Hbond substituents is 1. The van der Waals surface area contributed by atoms with E-state index in [9.17, 15) is 14.7 Å². The van der Waals surface area contributed by atoms with E-state index in [1.54, 1.807) is 0 Å². The lowest BCUT2D eigenvalue weighted by molar-refractivity contribution is 0.0722. The molecule has 0 saturated heterocycles. The molecule has 1 aromatic rings. The van der Waals surface area contributed by atoms with Gasteiger partial charge in [0.05, 0.1) is 25.4 Å². The maximum atomic E-state index is 12.9. The van der Waals surface area contributed by atoms with Gasteiger partial charge in [-0.1, -0.05) is 13.8 Å². The number of phenols is 1. The molecule has 0 saturated carbocycles. The van der Waals surface area contributed by atoms with E-state index in [0.29, 0.717) is 5.57 Å². The van der Waals surface area contributed by atoms with Crippen LogP contribution in [0.5, 0.6) is 17.2 Å². The van der Waals surface area contributed by atoms with Crippen LogP contribution in [0, 0.1) is 5.41 Å². The summed E-state index contributed by atoms with van der Waals surface area (Å²) in [6, 6.07) is 1.40. The van der Waals surface area contributed by atoms with E-state index in [0.717, 1.165) is 0 Å². The number of hydrogen-bond acceptors (Lipinski definition) is 6. The number of benzene rings is 1. The maximum absolute atomic E-state index is 12.9. The molecule has 1 heterocycles. The number of aromatic hydroxyl groups is 1. The molecule has 0 aromatic heterocycles. The molecule has 0 amide bonds. The summed E-state index contributed by atoms with van der Waals surface area (Å²) < 4.78 is 15.9. The molecule has 0 unspecified atom stereocenters. The fraction of sp³-hybridized carbons (Fsp3) is 0.412. The first-order chi connectivity index (χ1) is 10.8. The van der Waals surface area contributed by atoms with Gasteiger partial charge in [-0.3, -0.25) is 9.59 Å². The first kappa shape index (κ1) is 15.4. The van der Waals surface area contributed by atoms with Gasteiger partial charge >= 0.3 is 0 Å². The van der Waals surface area contributed by atoms with Crippen LogP contribution in [0.3, 0.4) is 0 Å². The second-order valence-corrected chi connectivity index (χ2v) is 6.23. The molecule has 23 heavy (non-hydrogen) atoms. The topological polar surface area (TPSA) is 82.1 Å². The third-order valence-corrected chi connectivity index (χ3v) is 4.73. The van der Waals surface area contributed by atoms with Gasteiger partial charge in [-0.2, -0.15) is 0 Å². The number of Topliss-reactive ketones (excluding diaryl/α,β-unsaturated/α-hetero) is 2. The molecule has 1 N–H and O–H groups in total. The van der Waals surface area contributed by atoms with E-state index in [1.165, 1.54) is 20.3 Å². The molecule has 6 heteroatoms. The summed E-state index contributed by atoms with van der Waals surface area (Å²) in [4.78, 5) is 25.7. The first-order valence-corrected chi connectivity index (χ1v) is 7.24. The summed E-state index contributed by atoms with van der Waals surface area (Å²) in [6.45, 7) is 5.49. The van der Waals surface area contributed by atoms with Crippen LogP contribution in [0.15, 0.2) is 17.4 Å². The minimum absolute atomic E-state index is 0.0289. The van der Waals surface area contributed by atoms with Crippen LogP contribution in [-0.2, 0) is 4.74 Å². The zero-order chi connectivity index (χ0) is 17.1. The molecule has 0 bridgehead atoms. The van der Waals surface area contributed by atoms with Crippen LogP contribution in [0.2, 0.25) is 0 Å². The lowest BCUT2D eigenvalue weighted by atomic mass is 9.74. The number of methoxy groups -OCH3 is 2. The minimum atomic E-state index is -0.626. The molecule has 0 fully saturated rings. The lowest BCUT2D eigenvalue weighted by Gasteiger charge is -2.26. The van der Waals surface area contributed by atoms with E-state index in [2.05, 4.69) is 0 Å². The van der Waals surface area contributed by atoms with Crippen LogP contribution in [0.25, 0.3) is 0 Å². The summed E-state index contributed by atoms with van der Waals surface area (Å²) >= 11 is 0. The molecule has 1 aromatic carbocycles. The Morgan fingerprint density at radius 2 is 1.83 bits per heavy atom. The second kappa shape index (κ2) is 4.75. The fourth-order valence-corrected chi connectivity index (χ4v) is 3.07. The van der Waals surface area contributed by atoms with Gasteiger partial charge in [-0.15, -0.1) is 0 Å². The van der Waals surface area contributed by atoms with Gasteiger partial charge in [-0.05, 0) is 13.0 Å². The van der Waals surface area contributed by atoms with Crippen molar-refractivity contribution in [2.45, 2.75) is 26.9 Å². The summed E-state index contributed by atoms with van der Waals surface area (Å²) in [5.74, 6) is -0.958. The molecule has 3 rings (SSSR count). The van der Waals surface area contributed by atoms with Crippen molar-refractivity contribution < 1.29 is 28.9 Å². The predicted molar refractivity (Wildman–Crippen MR) is 81.2 cm³/mol. The highest BCUT2D eigenvalue weighted by atomic mass is 16.5. The summed E-state index contributed by atoms with van der Waals surface area (Å²) in [6.07, 6.45) is -0.319. The fourth-order valence-electron chi connectivity index (χ4n) is 3.07. The molecule has 1 aliphatic carbocycles. The van der Waals surface area contributed by atoms with Gasteiger partial charge in [0.25, 0.3) is 0 Å². The number of carbonyl (C=O) groups excluding carboxylic acids is 2. The van der Waals surface area contributed by atoms with Crippen molar-refractivity contribution in [1.82, 2.24) is 0 Å². The van der Waals surface area contributed by atoms with E-state index >= 15 is 0 Å². The van der Waals surface area contributed by atoms with Crippen molar-refractivity contribution >= 4 is 11.6 Å². The average molecular weight is 318 g/mol. The largest absolute Gasteiger partial charge is 0.504 e. The van der Waals surface area contributed by atoms with Gasteiger partial charge in [-0.25, -0.2) is 0 Å². The summed E-state index contributed by atoms with van der Waals surface area (Å²) in [7, 11) is 2.75. The van der Waals surface area contributed by atoms with E-state index in [-0.39, 0.29) is 40.2 Å². The first-order valence-electron chi connectivity index (χ1n) is 7.24. The van der Waals surface area contributed by atoms with Crippen molar-refractivity contribution in [3.05, 3.63) is 28.5 Å². The Bertz CT molecular complexity index is 772. The van der Waals surface area contributed by atoms with Crippen LogP contribution in [-0.4, -0.2) is 37.0 Å². The van der Waals surface area contributed by atoms with E-state index < -0.39 is 17.0 Å². The third kappa shape index (κ3) is 1.81. The van der Waals surface area contributed by atoms with Crippen LogP contribution in [0.1, 0.15) is 41.5 Å². The molecule has 0 spiro atoms. The average Bonchev–Trinajstić information content (AvgIpc) is 2.74. The van der Waals surface area contributed by atoms with E-state index in [4.69, 9.17) is 14.2 Å². The molecular weight excluding hydrogens is 300 g/mol. The highest BCUT2D eigenvalue weighted by Crippen LogP contribution is 2.51. The maximum Gasteiger partial charge on any atom is 0.229 e. The SMILES string of the molecule is COc1cc2c(c(O)c1OC)C(=O)C1=C(O[C@@H](C)C1(C)C)C2=O. The number of hydrogen-bond donors (Lipinski definition) is 1. The molecular formula is C17H18O6. The summed E-state index contributed by atoms with van der Waals surface area (Å²) in [5, 5.41) is 10.4. The molecule has 1 aliphatic heterocycles. The Morgan fingerprint density at radius 3 is 2.39 bits per heavy atom. The minimum Gasteiger partial charge on any atom is -0.504 e. The Labute approximate surface area is 133 Å². The zero-order valence-electron chi connectivity index (χ0n) is 13.6. The normalized spacial score (nSPS) is 21.7. The van der Waals surface area contributed by atoms with Gasteiger partial charge in [0.15, 0.2) is 23.0 Å². The molecule has 122 valence electrons. The number of allylic oxidation sites excluding steroid dienone is 1. The number of carbonyl (C=O) groups is 2. The highest BCUT2D eigenvalue weighted by molar-refractivity contribution is 6.28. The standard InChI is InChI=1S/C17H18O6/c1-7-17(2,3)11-13(19)10-8(12(18)16(11)23-7)6-9(21-4)15(22-5)14(10)20/h6-7,20H,1-5H3/t7-/m0/s1. The van der Waals surface area contributed by atoms with Crippen molar-refractivity contribution in [2.75, 3.05) is 14.2 Å². The van der Waals surface area contributed by atoms with Crippen molar-refractivity contribution in [3.8, 4) is 17.2 Å². The van der Waals surface area contributed by atoms with Gasteiger partial charge in [0, 0.05) is 11.0 Å². The van der Waals surface area contributed by atoms with Gasteiger partial charge in [0.1, 0.15) is 6.10 Å². The predicted octanol–water partition coefficient (Wildman–Crippen LogP) is 2.49. The number of fused-ring (bicyclic) bond motifs is 1. The number of ether oxygens (including phenoxy) is 3. The Balaban J connectivity index is 2.30. The highest BCUT2D eigenvalue weighted by Gasteiger charge is 2.51. The number of ketones is 2. The molecule has 1 atom stereocenters. The van der Waals surface area contributed by atoms with Gasteiger partial charge < -0.3 is 19.3 Å². The van der Waals surface area contributed by atoms with Crippen LogP contribution >= 0.6 is 0 Å². The lowest BCUT2D eigenvalue weighted by Crippen LogP contribution is -2.30. The zero-order valence-corrected chi connectivity index (χ0v) is 13.6. The third-order valence-electron chi connectivity index (χ3n) is 4.73.